The molecule has 1 atom stereocenters. The topological polar surface area (TPSA) is 93.9 Å². The van der Waals surface area contributed by atoms with Crippen molar-refractivity contribution in [2.24, 2.45) is 5.73 Å². The number of carbonyl (C=O) groups is 2. The maximum Gasteiger partial charge on any atom is 0.255 e. The first-order chi connectivity index (χ1) is 11.5. The predicted molar refractivity (Wildman–Crippen MR) is 90.8 cm³/mol. The van der Waals surface area contributed by atoms with Crippen molar-refractivity contribution in [3.8, 4) is 11.5 Å². The number of methoxy groups -OCH3 is 1. The molecule has 24 heavy (non-hydrogen) atoms. The largest absolute Gasteiger partial charge is 0.493 e. The molecular weight excluding hydrogens is 310 g/mol. The monoisotopic (exact) mass is 333 g/mol. The van der Waals surface area contributed by atoms with E-state index in [0.717, 1.165) is 12.1 Å². The molecule has 1 aromatic rings. The van der Waals surface area contributed by atoms with E-state index in [-0.39, 0.29) is 12.5 Å². The number of amides is 2. The van der Waals surface area contributed by atoms with Crippen LogP contribution in [0.3, 0.4) is 0 Å². The van der Waals surface area contributed by atoms with E-state index in [0.29, 0.717) is 30.6 Å². The number of benzene rings is 1. The molecule has 7 nitrogen and oxygen atoms in total. The second-order valence-corrected chi connectivity index (χ2v) is 5.64. The minimum Gasteiger partial charge on any atom is -0.493 e. The molecule has 2 amide bonds. The van der Waals surface area contributed by atoms with E-state index in [1.54, 1.807) is 30.4 Å². The van der Waals surface area contributed by atoms with Crippen molar-refractivity contribution in [3.05, 3.63) is 29.8 Å². The number of hydrogen-bond acceptors (Lipinski definition) is 5. The van der Waals surface area contributed by atoms with Crippen molar-refractivity contribution in [1.29, 1.82) is 0 Å². The van der Waals surface area contributed by atoms with Crippen LogP contribution in [0, 0.1) is 0 Å². The minimum atomic E-state index is -0.558. The minimum absolute atomic E-state index is 0.0172. The Hall–Kier alpha value is -2.54. The van der Waals surface area contributed by atoms with Crippen LogP contribution in [0.25, 0.3) is 6.08 Å². The summed E-state index contributed by atoms with van der Waals surface area (Å²) >= 11 is 0. The van der Waals surface area contributed by atoms with Gasteiger partial charge in [-0.1, -0.05) is 6.07 Å². The lowest BCUT2D eigenvalue weighted by Gasteiger charge is -2.31. The number of nitrogens with two attached hydrogens (primary N) is 1. The van der Waals surface area contributed by atoms with Crippen LogP contribution >= 0.6 is 0 Å². The maximum absolute atomic E-state index is 12.2. The Bertz CT molecular complexity index is 630. The van der Waals surface area contributed by atoms with Gasteiger partial charge in [0, 0.05) is 31.8 Å². The van der Waals surface area contributed by atoms with Crippen LogP contribution in [0.4, 0.5) is 0 Å². The molecule has 2 rings (SSSR count). The molecule has 0 spiro atoms. The molecule has 0 saturated carbocycles. The molecular formula is C17H23N3O4. The highest BCUT2D eigenvalue weighted by atomic mass is 16.5. The van der Waals surface area contributed by atoms with Crippen LogP contribution in [-0.4, -0.2) is 56.1 Å². The van der Waals surface area contributed by atoms with Gasteiger partial charge in [0.05, 0.1) is 7.11 Å². The smallest absolute Gasteiger partial charge is 0.255 e. The van der Waals surface area contributed by atoms with Gasteiger partial charge in [0.25, 0.3) is 5.91 Å². The quantitative estimate of drug-likeness (QED) is 0.735. The normalized spacial score (nSPS) is 17.8. The van der Waals surface area contributed by atoms with Gasteiger partial charge in [0.2, 0.25) is 5.91 Å². The fraction of sp³-hybridized carbons (Fsp3) is 0.412. The molecule has 130 valence electrons. The van der Waals surface area contributed by atoms with Gasteiger partial charge in [-0.3, -0.25) is 9.59 Å². The van der Waals surface area contributed by atoms with E-state index in [4.69, 9.17) is 15.2 Å². The molecule has 1 saturated heterocycles. The summed E-state index contributed by atoms with van der Waals surface area (Å²) < 4.78 is 10.5. The molecule has 1 aliphatic rings. The van der Waals surface area contributed by atoms with Crippen LogP contribution in [0.15, 0.2) is 24.3 Å². The lowest BCUT2D eigenvalue weighted by molar-refractivity contribution is -0.127. The number of hydrogen-bond donors (Lipinski definition) is 2. The summed E-state index contributed by atoms with van der Waals surface area (Å²) in [5.74, 6) is 0.325. The Morgan fingerprint density at radius 3 is 2.88 bits per heavy atom. The predicted octanol–water partition coefficient (Wildman–Crippen LogP) is 0.393. The van der Waals surface area contributed by atoms with Crippen LogP contribution in [0.5, 0.6) is 11.5 Å². The number of ether oxygens (including phenoxy) is 2. The number of piperazine rings is 1. The summed E-state index contributed by atoms with van der Waals surface area (Å²) in [6.07, 6.45) is 3.28. The maximum atomic E-state index is 12.2. The Balaban J connectivity index is 2.03. The molecule has 1 aromatic carbocycles. The number of primary amides is 1. The highest BCUT2D eigenvalue weighted by Gasteiger charge is 2.18. The Kier molecular flexibility index (Phi) is 6.20. The van der Waals surface area contributed by atoms with Gasteiger partial charge >= 0.3 is 0 Å². The van der Waals surface area contributed by atoms with Crippen LogP contribution in [-0.2, 0) is 9.59 Å². The van der Waals surface area contributed by atoms with E-state index in [1.807, 2.05) is 4.90 Å². The first kappa shape index (κ1) is 17.8. The SMILES string of the molecule is COc1cc(C=CC(=O)N2CCNC(C)C2)ccc1OCC(N)=O. The van der Waals surface area contributed by atoms with Crippen molar-refractivity contribution in [3.63, 3.8) is 0 Å². The number of rotatable bonds is 6. The van der Waals surface area contributed by atoms with Gasteiger partial charge in [0.1, 0.15) is 0 Å². The Morgan fingerprint density at radius 2 is 2.21 bits per heavy atom. The zero-order valence-corrected chi connectivity index (χ0v) is 14.0. The molecule has 1 aliphatic heterocycles. The van der Waals surface area contributed by atoms with Crippen LogP contribution in [0.1, 0.15) is 12.5 Å². The summed E-state index contributed by atoms with van der Waals surface area (Å²) in [4.78, 5) is 24.8. The van der Waals surface area contributed by atoms with Gasteiger partial charge in [-0.15, -0.1) is 0 Å². The van der Waals surface area contributed by atoms with Gasteiger partial charge in [0.15, 0.2) is 18.1 Å². The van der Waals surface area contributed by atoms with E-state index in [9.17, 15) is 9.59 Å². The highest BCUT2D eigenvalue weighted by Crippen LogP contribution is 2.28. The summed E-state index contributed by atoms with van der Waals surface area (Å²) in [6, 6.07) is 5.50. The van der Waals surface area contributed by atoms with Crippen LogP contribution < -0.4 is 20.5 Å². The van der Waals surface area contributed by atoms with E-state index >= 15 is 0 Å². The molecule has 1 unspecified atom stereocenters. The number of nitrogens with one attached hydrogen (secondary N) is 1. The Morgan fingerprint density at radius 1 is 1.42 bits per heavy atom. The lowest BCUT2D eigenvalue weighted by atomic mass is 10.1. The first-order valence-electron chi connectivity index (χ1n) is 7.79. The third-order valence-electron chi connectivity index (χ3n) is 3.66. The Labute approximate surface area is 141 Å². The number of carbonyl (C=O) groups excluding carboxylic acids is 2. The van der Waals surface area contributed by atoms with E-state index < -0.39 is 5.91 Å². The lowest BCUT2D eigenvalue weighted by Crippen LogP contribution is -2.50. The van der Waals surface area contributed by atoms with Crippen LogP contribution in [0.2, 0.25) is 0 Å². The van der Waals surface area contributed by atoms with Crippen molar-refractivity contribution >= 4 is 17.9 Å². The van der Waals surface area contributed by atoms with Crippen molar-refractivity contribution in [2.45, 2.75) is 13.0 Å². The van der Waals surface area contributed by atoms with E-state index in [2.05, 4.69) is 12.2 Å². The first-order valence-corrected chi connectivity index (χ1v) is 7.79. The summed E-state index contributed by atoms with van der Waals surface area (Å²) in [5, 5.41) is 3.30. The molecule has 0 bridgehead atoms. The molecule has 0 aliphatic carbocycles. The van der Waals surface area contributed by atoms with Gasteiger partial charge in [-0.05, 0) is 30.7 Å². The second-order valence-electron chi connectivity index (χ2n) is 5.64. The second kappa shape index (κ2) is 8.35. The van der Waals surface area contributed by atoms with E-state index in [1.165, 1.54) is 7.11 Å². The van der Waals surface area contributed by atoms with Crippen molar-refractivity contribution in [1.82, 2.24) is 10.2 Å². The average molecular weight is 333 g/mol. The molecule has 1 fully saturated rings. The summed E-state index contributed by atoms with van der Waals surface area (Å²) in [5.41, 5.74) is 5.86. The van der Waals surface area contributed by atoms with Gasteiger partial charge < -0.3 is 25.4 Å². The van der Waals surface area contributed by atoms with Crippen molar-refractivity contribution in [2.75, 3.05) is 33.4 Å². The zero-order chi connectivity index (χ0) is 17.5. The molecule has 0 radical (unpaired) electrons. The fourth-order valence-electron chi connectivity index (χ4n) is 2.46. The fourth-order valence-corrected chi connectivity index (χ4v) is 2.46. The number of nitrogens with zero attached hydrogens (tertiary/aromatic N) is 1. The van der Waals surface area contributed by atoms with Gasteiger partial charge in [-0.25, -0.2) is 0 Å². The van der Waals surface area contributed by atoms with Crippen molar-refractivity contribution < 1.29 is 19.1 Å². The third-order valence-corrected chi connectivity index (χ3v) is 3.66. The molecule has 3 N–H and O–H groups in total. The molecule has 1 heterocycles. The summed E-state index contributed by atoms with van der Waals surface area (Å²) in [6.45, 7) is 4.05. The third kappa shape index (κ3) is 4.99. The zero-order valence-electron chi connectivity index (χ0n) is 14.0. The average Bonchev–Trinajstić information content (AvgIpc) is 2.58. The standard InChI is InChI=1S/C17H23N3O4/c1-12-10-20(8-7-19-12)17(22)6-4-13-3-5-14(15(9-13)23-2)24-11-16(18)21/h3-6,9,12,19H,7-8,10-11H2,1-2H3,(H2,18,21). The highest BCUT2D eigenvalue weighted by molar-refractivity contribution is 5.92. The van der Waals surface area contributed by atoms with Gasteiger partial charge in [-0.2, -0.15) is 0 Å². The molecule has 7 heteroatoms. The summed E-state index contributed by atoms with van der Waals surface area (Å²) in [7, 11) is 1.51. The molecule has 0 aromatic heterocycles.